The number of allylic oxidation sites excluding steroid dienone is 2. The normalized spacial score (nSPS) is 11.6. The first-order chi connectivity index (χ1) is 57.3. The van der Waals surface area contributed by atoms with Gasteiger partial charge in [0.05, 0.1) is 0 Å². The van der Waals surface area contributed by atoms with Gasteiger partial charge in [-0.3, -0.25) is 6.08 Å². The Hall–Kier alpha value is -2.97. The Morgan fingerprint density at radius 2 is 0.521 bits per heavy atom. The Morgan fingerprint density at radius 1 is 0.282 bits per heavy atom. The summed E-state index contributed by atoms with van der Waals surface area (Å²) in [5, 5.41) is 14.6. The second-order valence-corrected chi connectivity index (χ2v) is 36.7. The van der Waals surface area contributed by atoms with Crippen molar-refractivity contribution < 1.29 is 26.3 Å². The number of phenolic OH excluding ortho intramolecular Hbond substituents is 1. The van der Waals surface area contributed by atoms with E-state index in [1.165, 1.54) is 524 Å². The molecule has 3 nitrogen and oxygen atoms in total. The summed E-state index contributed by atoms with van der Waals surface area (Å²) >= 11 is 0. The molecule has 0 unspecified atom stereocenters. The zero-order chi connectivity index (χ0) is 83.8. The maximum atomic E-state index is 8.63. The molecule has 3 aromatic carbocycles. The van der Waals surface area contributed by atoms with Gasteiger partial charge in [0.25, 0.3) is 0 Å². The fourth-order valence-electron chi connectivity index (χ4n) is 17.6. The van der Waals surface area contributed by atoms with Crippen LogP contribution < -0.4 is 0 Å². The molecule has 0 saturated carbocycles. The number of nitrogens with zero attached hydrogens (tertiary/aromatic N) is 2. The Labute approximate surface area is 744 Å². The van der Waals surface area contributed by atoms with Crippen molar-refractivity contribution in [2.75, 3.05) is 6.54 Å². The third-order valence-corrected chi connectivity index (χ3v) is 25.3. The molecule has 0 amide bonds. The molecule has 4 heteroatoms. The molecule has 0 atom stereocenters. The molecular weight excluding hydrogens is 1460 g/mol. The third kappa shape index (κ3) is 72.1. The summed E-state index contributed by atoms with van der Waals surface area (Å²) in [7, 11) is 0. The standard InChI is InChI=1S/C87H159N2.C20H39.C6H6O.Ni/c1-9-17-25-30-33-35-37-38-39-40-41-42-43-44-45-46-47-48-49-50-51-53-55-57-60-65-73-89(88-84-77-82(67-23-15-7)86(71-24-16-8)83(78-84)69-62-29-21-13-5)85(70-63-58-56-54-52-36-34-31-26-18-10-2)76-79-74-80(66-22-14-6)87(72-64-59-32-27-19-11-3)81(75-79)68-61-28-20-12-4;1-3-5-7-9-11-13-15-17-19-20-18-16-14-12-10-8-6-4-2;7-6-4-2-1-3-5-6;/h74-78H,9-73H2,1-8H3;1,3H,4-20H2,2H3;1-5,7H;/q+1;-1;;. The molecule has 3 rings (SSSR count). The van der Waals surface area contributed by atoms with Crippen LogP contribution in [0.3, 0.4) is 0 Å². The predicted octanol–water partition coefficient (Wildman–Crippen LogP) is 39.9. The first kappa shape index (κ1) is 114. The fraction of sp³-hybridized carbons (Fsp3) is 0.805. The van der Waals surface area contributed by atoms with Crippen LogP contribution in [0.25, 0.3) is 6.08 Å². The van der Waals surface area contributed by atoms with Crippen LogP contribution in [0.5, 0.6) is 5.75 Å². The van der Waals surface area contributed by atoms with E-state index >= 15 is 0 Å². The van der Waals surface area contributed by atoms with E-state index in [9.17, 15) is 0 Å². The summed E-state index contributed by atoms with van der Waals surface area (Å²) in [5.41, 5.74) is 14.2. The second kappa shape index (κ2) is 92.2. The van der Waals surface area contributed by atoms with Gasteiger partial charge in [-0.1, -0.05) is 515 Å². The third-order valence-electron chi connectivity index (χ3n) is 25.3. The summed E-state index contributed by atoms with van der Waals surface area (Å²) in [6.07, 6.45) is 116. The molecule has 1 N–H and O–H groups in total. The smallest absolute Gasteiger partial charge is 0.209 e. The molecule has 0 saturated heterocycles. The van der Waals surface area contributed by atoms with Gasteiger partial charge in [0, 0.05) is 35.4 Å². The zero-order valence-corrected chi connectivity index (χ0v) is 81.6. The number of aromatic hydroxyl groups is 1. The average Bonchev–Trinajstić information content (AvgIpc) is 0.814. The molecule has 0 aliphatic rings. The summed E-state index contributed by atoms with van der Waals surface area (Å²) < 4.78 is 2.61. The molecule has 0 fully saturated rings. The van der Waals surface area contributed by atoms with Crippen molar-refractivity contribution in [1.82, 2.24) is 0 Å². The van der Waals surface area contributed by atoms with Gasteiger partial charge in [-0.25, -0.2) is 0 Å². The first-order valence-electron chi connectivity index (χ1n) is 53.1. The molecule has 3 aromatic rings. The maximum absolute atomic E-state index is 8.63. The van der Waals surface area contributed by atoms with Crippen LogP contribution >= 0.6 is 0 Å². The number of para-hydroxylation sites is 1. The first-order valence-corrected chi connectivity index (χ1v) is 53.1. The zero-order valence-electron chi connectivity index (χ0n) is 80.6. The number of azo groups is 2. The van der Waals surface area contributed by atoms with Crippen LogP contribution in [-0.4, -0.2) is 16.3 Å². The van der Waals surface area contributed by atoms with E-state index in [1.807, 2.05) is 6.07 Å². The maximum Gasteiger partial charge on any atom is 0.209 e. The van der Waals surface area contributed by atoms with Crippen molar-refractivity contribution in [1.29, 1.82) is 0 Å². The number of unbranched alkanes of at least 4 members (excludes halogenated alkanes) is 65. The molecule has 0 aliphatic carbocycles. The molecule has 0 spiro atoms. The van der Waals surface area contributed by atoms with Gasteiger partial charge in [-0.15, -0.1) is 0 Å². The van der Waals surface area contributed by atoms with Gasteiger partial charge in [0.2, 0.25) is 5.70 Å². The van der Waals surface area contributed by atoms with E-state index in [2.05, 4.69) is 97.4 Å². The van der Waals surface area contributed by atoms with Crippen LogP contribution in [-0.2, 0) is 55.0 Å². The van der Waals surface area contributed by atoms with Crippen LogP contribution in [0.1, 0.15) is 583 Å². The van der Waals surface area contributed by atoms with Crippen LogP contribution in [0.4, 0.5) is 5.69 Å². The van der Waals surface area contributed by atoms with E-state index in [0.29, 0.717) is 5.75 Å². The van der Waals surface area contributed by atoms with Crippen molar-refractivity contribution in [2.45, 2.75) is 582 Å². The largest absolute Gasteiger partial charge is 0.518 e. The Balaban J connectivity index is 0.00000403. The number of aryl methyl sites for hydroxylation is 4. The minimum absolute atomic E-state index is 0. The van der Waals surface area contributed by atoms with Crippen molar-refractivity contribution in [3.05, 3.63) is 112 Å². The second-order valence-electron chi connectivity index (χ2n) is 36.7. The van der Waals surface area contributed by atoms with E-state index in [1.54, 1.807) is 63.7 Å². The van der Waals surface area contributed by atoms with Crippen LogP contribution in [0.2, 0.25) is 0 Å². The van der Waals surface area contributed by atoms with E-state index in [-0.39, 0.29) is 16.5 Å². The quantitative estimate of drug-likeness (QED) is 0.0197. The topological polar surface area (TPSA) is 35.6 Å². The summed E-state index contributed by atoms with van der Waals surface area (Å²) in [6.45, 7) is 27.6. The van der Waals surface area contributed by atoms with Crippen LogP contribution in [0.15, 0.2) is 71.5 Å². The number of phenols is 1. The van der Waals surface area contributed by atoms with Gasteiger partial charge in [-0.2, -0.15) is 0 Å². The molecule has 0 bridgehead atoms. The van der Waals surface area contributed by atoms with Gasteiger partial charge in [0.15, 0.2) is 6.54 Å². The number of rotatable bonds is 85. The van der Waals surface area contributed by atoms with Crippen molar-refractivity contribution in [3.63, 3.8) is 0 Å². The average molecular weight is 1670 g/mol. The molecule has 0 aliphatic heterocycles. The Bertz CT molecular complexity index is 2560. The summed E-state index contributed by atoms with van der Waals surface area (Å²) in [4.78, 5) is 0. The molecule has 0 heterocycles. The van der Waals surface area contributed by atoms with E-state index < -0.39 is 0 Å². The van der Waals surface area contributed by atoms with E-state index in [0.717, 1.165) is 19.4 Å². The summed E-state index contributed by atoms with van der Waals surface area (Å²) in [6, 6.07) is 19.3. The molecule has 682 valence electrons. The van der Waals surface area contributed by atoms with Gasteiger partial charge in [0.1, 0.15) is 11.4 Å². The monoisotopic (exact) mass is 1660 g/mol. The van der Waals surface area contributed by atoms with Gasteiger partial charge in [-0.05, 0) is 158 Å². The van der Waals surface area contributed by atoms with Crippen LogP contribution in [0, 0.1) is 6.58 Å². The van der Waals surface area contributed by atoms with Crippen molar-refractivity contribution in [2.24, 2.45) is 5.11 Å². The van der Waals surface area contributed by atoms with Gasteiger partial charge < -0.3 is 11.7 Å². The SMILES string of the molecule is CCCCCCCCCCCCCCCCCCCCCCCCCCCC[N+](=Nc1cc(CCCC)c(CCCC)c(CCCCCC)c1)C(=Cc1cc(CCCC)c(CCCCCCCC)c(CCCCCC)c1)CCCCCCCCCCCCC.Oc1ccccc1.[CH-]=CCCCCCCCCCCCCCCCCCC.[Ni]. The minimum Gasteiger partial charge on any atom is -0.518 e. The number of hydrogen-bond acceptors (Lipinski definition) is 2. The minimum atomic E-state index is 0. The molecule has 117 heavy (non-hydrogen) atoms. The molecular formula is C113H204N2NiO. The Morgan fingerprint density at radius 3 is 0.821 bits per heavy atom. The fourth-order valence-corrected chi connectivity index (χ4v) is 17.6. The molecule has 0 radical (unpaired) electrons. The van der Waals surface area contributed by atoms with Gasteiger partial charge >= 0.3 is 0 Å². The predicted molar refractivity (Wildman–Crippen MR) is 525 cm³/mol. The van der Waals surface area contributed by atoms with E-state index in [4.69, 9.17) is 16.8 Å². The Kier molecular flexibility index (Phi) is 89.9. The summed E-state index contributed by atoms with van der Waals surface area (Å²) in [5.74, 6) is 0.322. The van der Waals surface area contributed by atoms with Crippen molar-refractivity contribution in [3.8, 4) is 5.75 Å². The number of hydrogen-bond donors (Lipinski definition) is 1. The van der Waals surface area contributed by atoms with Crippen molar-refractivity contribution >= 4 is 11.8 Å². The molecule has 0 aromatic heterocycles. The number of benzene rings is 3.